The number of nitrogens with one attached hydrogen (secondary N) is 1. The van der Waals surface area contributed by atoms with Gasteiger partial charge >= 0.3 is 0 Å². The Kier molecular flexibility index (Phi) is 5.58. The maximum absolute atomic E-state index is 12.3. The van der Waals surface area contributed by atoms with Gasteiger partial charge in [-0.05, 0) is 46.6 Å². The predicted octanol–water partition coefficient (Wildman–Crippen LogP) is 0.891. The highest BCUT2D eigenvalue weighted by Gasteiger charge is 2.33. The monoisotopic (exact) mass is 277 g/mol. The second kappa shape index (κ2) is 6.32. The first-order valence-electron chi connectivity index (χ1n) is 6.71. The zero-order valence-corrected chi connectivity index (χ0v) is 13.0. The molecule has 0 aromatic rings. The van der Waals surface area contributed by atoms with Crippen molar-refractivity contribution in [2.45, 2.75) is 45.7 Å². The largest absolute Gasteiger partial charge is 0.317 e. The Balaban J connectivity index is 2.63. The molecule has 6 heteroatoms. The number of piperidine rings is 1. The molecule has 1 aliphatic rings. The molecule has 0 radical (unpaired) electrons. The summed E-state index contributed by atoms with van der Waals surface area (Å²) in [7, 11) is 0.343. The van der Waals surface area contributed by atoms with Crippen LogP contribution in [0.5, 0.6) is 0 Å². The third-order valence-electron chi connectivity index (χ3n) is 4.08. The Hall–Kier alpha value is -0.170. The van der Waals surface area contributed by atoms with E-state index < -0.39 is 10.2 Å². The molecule has 1 atom stereocenters. The van der Waals surface area contributed by atoms with Gasteiger partial charge in [0.05, 0.1) is 0 Å². The van der Waals surface area contributed by atoms with E-state index >= 15 is 0 Å². The van der Waals surface area contributed by atoms with Crippen LogP contribution < -0.4 is 5.32 Å². The molecule has 1 heterocycles. The summed E-state index contributed by atoms with van der Waals surface area (Å²) in [4.78, 5) is 0. The maximum atomic E-state index is 12.3. The highest BCUT2D eigenvalue weighted by molar-refractivity contribution is 7.86. The predicted molar refractivity (Wildman–Crippen MR) is 74.6 cm³/mol. The lowest BCUT2D eigenvalue weighted by Crippen LogP contribution is -2.49. The van der Waals surface area contributed by atoms with Gasteiger partial charge in [-0.1, -0.05) is 0 Å². The molecule has 1 aliphatic heterocycles. The lowest BCUT2D eigenvalue weighted by atomic mass is 9.91. The van der Waals surface area contributed by atoms with E-state index in [2.05, 4.69) is 12.2 Å². The summed E-state index contributed by atoms with van der Waals surface area (Å²) in [5, 5.41) is 3.25. The first-order valence-corrected chi connectivity index (χ1v) is 8.10. The zero-order valence-electron chi connectivity index (χ0n) is 12.2. The highest BCUT2D eigenvalue weighted by Crippen LogP contribution is 2.23. The van der Waals surface area contributed by atoms with Gasteiger partial charge in [0.1, 0.15) is 0 Å². The van der Waals surface area contributed by atoms with Crippen molar-refractivity contribution in [1.82, 2.24) is 13.9 Å². The second-order valence-electron chi connectivity index (χ2n) is 5.43. The van der Waals surface area contributed by atoms with Crippen molar-refractivity contribution in [3.8, 4) is 0 Å². The van der Waals surface area contributed by atoms with Crippen molar-refractivity contribution in [3.05, 3.63) is 0 Å². The van der Waals surface area contributed by atoms with Gasteiger partial charge in [0.15, 0.2) is 0 Å². The summed E-state index contributed by atoms with van der Waals surface area (Å²) >= 11 is 0. The lowest BCUT2D eigenvalue weighted by molar-refractivity contribution is 0.224. The summed E-state index contributed by atoms with van der Waals surface area (Å²) in [6.45, 7) is 7.22. The van der Waals surface area contributed by atoms with Gasteiger partial charge in [-0.15, -0.1) is 0 Å². The van der Waals surface area contributed by atoms with E-state index in [1.165, 1.54) is 4.31 Å². The molecule has 5 nitrogen and oxygen atoms in total. The molecule has 18 heavy (non-hydrogen) atoms. The van der Waals surface area contributed by atoms with Gasteiger partial charge in [0.25, 0.3) is 10.2 Å². The number of rotatable bonds is 5. The molecule has 1 saturated heterocycles. The molecule has 0 saturated carbocycles. The van der Waals surface area contributed by atoms with Crippen LogP contribution in [-0.2, 0) is 10.2 Å². The first-order chi connectivity index (χ1) is 8.30. The van der Waals surface area contributed by atoms with Crippen LogP contribution in [0.15, 0.2) is 0 Å². The van der Waals surface area contributed by atoms with Gasteiger partial charge < -0.3 is 5.32 Å². The van der Waals surface area contributed by atoms with Crippen LogP contribution in [0.3, 0.4) is 0 Å². The SMILES string of the molecule is CNC(C)C1CCN(S(=O)(=O)N(C)C(C)C)CC1. The molecule has 0 aromatic carbocycles. The van der Waals surface area contributed by atoms with E-state index in [1.54, 1.807) is 11.4 Å². The normalized spacial score (nSPS) is 21.7. The summed E-state index contributed by atoms with van der Waals surface area (Å²) in [5.41, 5.74) is 0. The summed E-state index contributed by atoms with van der Waals surface area (Å²) in [6, 6.07) is 0.460. The minimum atomic E-state index is -3.27. The van der Waals surface area contributed by atoms with E-state index in [4.69, 9.17) is 0 Å². The van der Waals surface area contributed by atoms with Crippen LogP contribution in [0.2, 0.25) is 0 Å². The summed E-state index contributed by atoms with van der Waals surface area (Å²) in [5.74, 6) is 0.575. The van der Waals surface area contributed by atoms with Crippen LogP contribution >= 0.6 is 0 Å². The fourth-order valence-electron chi connectivity index (χ4n) is 2.29. The molecule has 108 valence electrons. The van der Waals surface area contributed by atoms with Crippen molar-refractivity contribution >= 4 is 10.2 Å². The summed E-state index contributed by atoms with van der Waals surface area (Å²) < 4.78 is 27.7. The molecule has 0 spiro atoms. The Morgan fingerprint density at radius 2 is 1.72 bits per heavy atom. The molecule has 1 fully saturated rings. The third kappa shape index (κ3) is 3.44. The lowest BCUT2D eigenvalue weighted by Gasteiger charge is -2.36. The Morgan fingerprint density at radius 3 is 2.11 bits per heavy atom. The van der Waals surface area contributed by atoms with Crippen molar-refractivity contribution in [2.24, 2.45) is 5.92 Å². The second-order valence-corrected chi connectivity index (χ2v) is 7.42. The highest BCUT2D eigenvalue weighted by atomic mass is 32.2. The molecular weight excluding hydrogens is 250 g/mol. The quantitative estimate of drug-likeness (QED) is 0.812. The van der Waals surface area contributed by atoms with Crippen LogP contribution in [0.4, 0.5) is 0 Å². The van der Waals surface area contributed by atoms with Crippen molar-refractivity contribution in [3.63, 3.8) is 0 Å². The van der Waals surface area contributed by atoms with Gasteiger partial charge in [-0.3, -0.25) is 0 Å². The van der Waals surface area contributed by atoms with Gasteiger partial charge in [-0.2, -0.15) is 17.0 Å². The van der Waals surface area contributed by atoms with E-state index in [9.17, 15) is 8.42 Å². The fourth-order valence-corrected chi connectivity index (χ4v) is 3.86. The van der Waals surface area contributed by atoms with Gasteiger partial charge in [-0.25, -0.2) is 0 Å². The van der Waals surface area contributed by atoms with E-state index in [0.29, 0.717) is 25.0 Å². The number of hydrogen-bond acceptors (Lipinski definition) is 3. The molecule has 0 aliphatic carbocycles. The molecule has 1 rings (SSSR count). The Morgan fingerprint density at radius 1 is 1.22 bits per heavy atom. The molecule has 1 N–H and O–H groups in total. The fraction of sp³-hybridized carbons (Fsp3) is 1.00. The van der Waals surface area contributed by atoms with Crippen molar-refractivity contribution in [1.29, 1.82) is 0 Å². The van der Waals surface area contributed by atoms with Crippen LogP contribution in [0.1, 0.15) is 33.6 Å². The van der Waals surface area contributed by atoms with Crippen molar-refractivity contribution in [2.75, 3.05) is 27.2 Å². The molecule has 0 aromatic heterocycles. The standard InChI is InChI=1S/C12H27N3O2S/c1-10(2)14(5)18(16,17)15-8-6-12(7-9-15)11(3)13-4/h10-13H,6-9H2,1-5H3. The van der Waals surface area contributed by atoms with E-state index in [-0.39, 0.29) is 6.04 Å². The minimum absolute atomic E-state index is 0.00366. The van der Waals surface area contributed by atoms with Crippen LogP contribution in [0, 0.1) is 5.92 Å². The van der Waals surface area contributed by atoms with E-state index in [0.717, 1.165) is 12.8 Å². The van der Waals surface area contributed by atoms with Gasteiger partial charge in [0.2, 0.25) is 0 Å². The first kappa shape index (κ1) is 15.9. The topological polar surface area (TPSA) is 52.7 Å². The van der Waals surface area contributed by atoms with Crippen molar-refractivity contribution < 1.29 is 8.42 Å². The van der Waals surface area contributed by atoms with E-state index in [1.807, 2.05) is 20.9 Å². The average Bonchev–Trinajstić information content (AvgIpc) is 2.36. The Labute approximate surface area is 112 Å². The van der Waals surface area contributed by atoms with Crippen LogP contribution in [-0.4, -0.2) is 56.3 Å². The summed E-state index contributed by atoms with van der Waals surface area (Å²) in [6.07, 6.45) is 1.88. The maximum Gasteiger partial charge on any atom is 0.281 e. The van der Waals surface area contributed by atoms with Crippen LogP contribution in [0.25, 0.3) is 0 Å². The smallest absolute Gasteiger partial charge is 0.281 e. The number of hydrogen-bond donors (Lipinski definition) is 1. The van der Waals surface area contributed by atoms with Gasteiger partial charge in [0, 0.05) is 32.2 Å². The molecule has 0 bridgehead atoms. The average molecular weight is 277 g/mol. The molecule has 0 amide bonds. The Bertz CT molecular complexity index is 348. The number of nitrogens with zero attached hydrogens (tertiary/aromatic N) is 2. The molecular formula is C12H27N3O2S. The minimum Gasteiger partial charge on any atom is -0.317 e. The molecule has 1 unspecified atom stereocenters. The third-order valence-corrected chi connectivity index (χ3v) is 6.25. The zero-order chi connectivity index (χ0) is 13.9.